The first kappa shape index (κ1) is 29.6. The maximum Gasteiger partial charge on any atom is 0.352 e. The van der Waals surface area contributed by atoms with Gasteiger partial charge in [-0.15, -0.1) is 0 Å². The zero-order valence-corrected chi connectivity index (χ0v) is 26.6. The number of aromatic nitrogens is 2. The van der Waals surface area contributed by atoms with Crippen molar-refractivity contribution in [2.45, 2.75) is 52.6 Å². The van der Waals surface area contributed by atoms with E-state index in [-0.39, 0.29) is 24.0 Å². The van der Waals surface area contributed by atoms with Crippen LogP contribution in [0.15, 0.2) is 42.5 Å². The molecule has 2 aromatic heterocycles. The van der Waals surface area contributed by atoms with E-state index < -0.39 is 0 Å². The van der Waals surface area contributed by atoms with E-state index in [1.807, 2.05) is 24.3 Å². The first-order valence-corrected chi connectivity index (χ1v) is 15.1. The summed E-state index contributed by atoms with van der Waals surface area (Å²) in [6, 6.07) is 14.1. The Balaban J connectivity index is 1.87. The van der Waals surface area contributed by atoms with Gasteiger partial charge >= 0.3 is 10.9 Å². The number of carbonyl (C=O) groups excluding carboxylic acids is 1. The second-order valence-corrected chi connectivity index (χ2v) is 12.3. The molecule has 2 aromatic carbocycles. The number of methoxy groups -OCH3 is 3. The first-order valence-electron chi connectivity index (χ1n) is 14.3. The molecule has 0 fully saturated rings. The lowest BCUT2D eigenvalue weighted by Crippen LogP contribution is -2.43. The summed E-state index contributed by atoms with van der Waals surface area (Å²) in [4.78, 5) is 16.0. The number of hydrogen-bond acceptors (Lipinski definition) is 8. The zero-order valence-electron chi connectivity index (χ0n) is 25.7. The van der Waals surface area contributed by atoms with Crippen molar-refractivity contribution in [2.24, 2.45) is 0 Å². The van der Waals surface area contributed by atoms with E-state index >= 15 is 0 Å². The number of nitrogens with zero attached hydrogens (tertiary/aromatic N) is 3. The maximum atomic E-state index is 12.7. The summed E-state index contributed by atoms with van der Waals surface area (Å²) in [5, 5.41) is 4.57. The SMILES string of the molecule is CCN(CC)c1ccc2c(c1)OCC(CC(=O)OC)[n+]1c-2c(NC(C)(C)C)n2c(-c3ccc(OC)cc3)c(OC)sc21. The maximum absolute atomic E-state index is 12.7. The number of benzene rings is 2. The lowest BCUT2D eigenvalue weighted by molar-refractivity contribution is -0.684. The normalized spacial score (nSPS) is 14.4. The molecule has 0 spiro atoms. The van der Waals surface area contributed by atoms with Gasteiger partial charge in [0.1, 0.15) is 24.1 Å². The number of anilines is 2. The molecule has 0 radical (unpaired) electrons. The minimum absolute atomic E-state index is 0.164. The third kappa shape index (κ3) is 5.35. The molecule has 3 heterocycles. The topological polar surface area (TPSA) is 77.6 Å². The highest BCUT2D eigenvalue weighted by atomic mass is 32.1. The molecule has 0 saturated heterocycles. The zero-order chi connectivity index (χ0) is 30.2. The second-order valence-electron chi connectivity index (χ2n) is 11.3. The average Bonchev–Trinajstić information content (AvgIpc) is 3.44. The number of fused-ring (bicyclic) bond motifs is 5. The summed E-state index contributed by atoms with van der Waals surface area (Å²) in [6.07, 6.45) is 0.164. The van der Waals surface area contributed by atoms with E-state index in [0.717, 1.165) is 68.6 Å². The Morgan fingerprint density at radius 1 is 1.10 bits per heavy atom. The molecule has 5 rings (SSSR count). The summed E-state index contributed by atoms with van der Waals surface area (Å²) in [7, 11) is 4.78. The molecule has 10 heteroatoms. The Morgan fingerprint density at radius 3 is 2.40 bits per heavy atom. The lowest BCUT2D eigenvalue weighted by atomic mass is 10.1. The number of nitrogens with one attached hydrogen (secondary N) is 1. The summed E-state index contributed by atoms with van der Waals surface area (Å²) in [5.41, 5.74) is 4.65. The Bertz CT molecular complexity index is 1580. The number of esters is 1. The Hall–Kier alpha value is -3.92. The van der Waals surface area contributed by atoms with E-state index in [1.54, 1.807) is 25.6 Å². The van der Waals surface area contributed by atoms with Crippen molar-refractivity contribution in [3.05, 3.63) is 42.5 Å². The molecule has 0 aliphatic carbocycles. The second kappa shape index (κ2) is 11.8. The standard InChI is InChI=1S/C32H41N4O5S/c1-9-34(10-2)21-13-16-24-25(17-21)41-19-22(18-26(37)39-7)35-28(24)29(33-32(3,4)5)36-27(30(40-8)42-31(35)36)20-11-14-23(38-6)15-12-20/h11-17,22,33H,9-10,18-19H2,1-8H3/q+1. The molecule has 4 aromatic rings. The Morgan fingerprint density at radius 2 is 1.81 bits per heavy atom. The van der Waals surface area contributed by atoms with Crippen LogP contribution in [-0.2, 0) is 9.53 Å². The number of rotatable bonds is 9. The van der Waals surface area contributed by atoms with E-state index in [9.17, 15) is 4.79 Å². The van der Waals surface area contributed by atoms with Crippen LogP contribution < -0.4 is 29.0 Å². The van der Waals surface area contributed by atoms with Crippen molar-refractivity contribution in [1.82, 2.24) is 4.40 Å². The number of thiazole rings is 1. The highest BCUT2D eigenvalue weighted by Gasteiger charge is 2.42. The fourth-order valence-corrected chi connectivity index (χ4v) is 6.71. The largest absolute Gasteiger partial charge is 0.497 e. The van der Waals surface area contributed by atoms with Crippen molar-refractivity contribution in [3.63, 3.8) is 0 Å². The van der Waals surface area contributed by atoms with Gasteiger partial charge in [-0.3, -0.25) is 4.79 Å². The van der Waals surface area contributed by atoms with Crippen LogP contribution in [0.25, 0.3) is 27.5 Å². The summed E-state index contributed by atoms with van der Waals surface area (Å²) in [6.45, 7) is 12.8. The lowest BCUT2D eigenvalue weighted by Gasteiger charge is -2.23. The number of ether oxygens (including phenoxy) is 4. The minimum Gasteiger partial charge on any atom is -0.497 e. The van der Waals surface area contributed by atoms with Gasteiger partial charge in [-0.05, 0) is 82.4 Å². The van der Waals surface area contributed by atoms with Crippen LogP contribution in [-0.4, -0.2) is 56.9 Å². The van der Waals surface area contributed by atoms with Gasteiger partial charge in [0, 0.05) is 35.9 Å². The van der Waals surface area contributed by atoms with Gasteiger partial charge in [0.2, 0.25) is 16.6 Å². The fraction of sp³-hybridized carbons (Fsp3) is 0.438. The van der Waals surface area contributed by atoms with Crippen LogP contribution in [0.3, 0.4) is 0 Å². The molecule has 42 heavy (non-hydrogen) atoms. The van der Waals surface area contributed by atoms with Gasteiger partial charge in [0.25, 0.3) is 0 Å². The number of imidazole rings is 1. The predicted octanol–water partition coefficient (Wildman–Crippen LogP) is 6.19. The van der Waals surface area contributed by atoms with Crippen LogP contribution in [0.1, 0.15) is 47.1 Å². The summed E-state index contributed by atoms with van der Waals surface area (Å²) < 4.78 is 27.5. The first-order chi connectivity index (χ1) is 20.1. The smallest absolute Gasteiger partial charge is 0.352 e. The van der Waals surface area contributed by atoms with Crippen LogP contribution in [0.2, 0.25) is 0 Å². The third-order valence-corrected chi connectivity index (χ3v) is 8.61. The molecule has 0 amide bonds. The molecule has 224 valence electrons. The monoisotopic (exact) mass is 593 g/mol. The average molecular weight is 594 g/mol. The third-order valence-electron chi connectivity index (χ3n) is 7.50. The highest BCUT2D eigenvalue weighted by Crippen LogP contribution is 2.47. The van der Waals surface area contributed by atoms with E-state index in [0.29, 0.717) is 6.61 Å². The van der Waals surface area contributed by atoms with Crippen molar-refractivity contribution >= 4 is 33.8 Å². The van der Waals surface area contributed by atoms with Crippen LogP contribution in [0, 0.1) is 0 Å². The molecule has 1 aliphatic rings. The molecular formula is C32H41N4O5S+. The predicted molar refractivity (Wildman–Crippen MR) is 168 cm³/mol. The fourth-order valence-electron chi connectivity index (χ4n) is 5.54. The van der Waals surface area contributed by atoms with Crippen molar-refractivity contribution in [2.75, 3.05) is 51.2 Å². The van der Waals surface area contributed by atoms with Gasteiger partial charge in [-0.25, -0.2) is 4.57 Å². The molecule has 0 saturated carbocycles. The summed E-state index contributed by atoms with van der Waals surface area (Å²) >= 11 is 1.54. The molecule has 1 N–H and O–H groups in total. The number of hydrogen-bond donors (Lipinski definition) is 1. The Kier molecular flexibility index (Phi) is 8.28. The van der Waals surface area contributed by atoms with E-state index in [4.69, 9.17) is 18.9 Å². The Labute approximate surface area is 251 Å². The van der Waals surface area contributed by atoms with Crippen molar-refractivity contribution in [1.29, 1.82) is 0 Å². The van der Waals surface area contributed by atoms with Crippen molar-refractivity contribution in [3.8, 4) is 39.1 Å². The van der Waals surface area contributed by atoms with Crippen LogP contribution in [0.5, 0.6) is 16.6 Å². The van der Waals surface area contributed by atoms with Gasteiger partial charge in [-0.1, -0.05) is 0 Å². The summed E-state index contributed by atoms with van der Waals surface area (Å²) in [5.74, 6) is 2.18. The minimum atomic E-state index is -0.311. The van der Waals surface area contributed by atoms with Gasteiger partial charge < -0.3 is 29.2 Å². The van der Waals surface area contributed by atoms with Gasteiger partial charge in [0.15, 0.2) is 5.69 Å². The molecule has 0 bridgehead atoms. The number of carbonyl (C=O) groups is 1. The quantitative estimate of drug-likeness (QED) is 0.183. The van der Waals surface area contributed by atoms with E-state index in [1.165, 1.54) is 7.11 Å². The van der Waals surface area contributed by atoms with Crippen LogP contribution in [0.4, 0.5) is 11.5 Å². The van der Waals surface area contributed by atoms with Crippen LogP contribution >= 0.6 is 11.3 Å². The van der Waals surface area contributed by atoms with E-state index in [2.05, 4.69) is 72.0 Å². The molecule has 1 atom stereocenters. The molecule has 1 aliphatic heterocycles. The highest BCUT2D eigenvalue weighted by molar-refractivity contribution is 7.19. The van der Waals surface area contributed by atoms with Crippen molar-refractivity contribution < 1.29 is 28.3 Å². The van der Waals surface area contributed by atoms with Gasteiger partial charge in [-0.2, -0.15) is 4.40 Å². The molecular weight excluding hydrogens is 552 g/mol. The molecule has 9 nitrogen and oxygen atoms in total. The van der Waals surface area contributed by atoms with Gasteiger partial charge in [0.05, 0.1) is 33.3 Å². The molecule has 1 unspecified atom stereocenters.